The van der Waals surface area contributed by atoms with E-state index in [0.717, 1.165) is 17.6 Å². The summed E-state index contributed by atoms with van der Waals surface area (Å²) in [7, 11) is 1.14. The Hall–Kier alpha value is -1.63. The predicted molar refractivity (Wildman–Crippen MR) is 73.3 cm³/mol. The molecule has 5 nitrogen and oxygen atoms in total. The highest BCUT2D eigenvalue weighted by Gasteiger charge is 2.47. The highest BCUT2D eigenvalue weighted by atomic mass is 32.1. The lowest BCUT2D eigenvalue weighted by molar-refractivity contribution is -0.153. The average Bonchev–Trinajstić information content (AvgIpc) is 3.02. The SMILES string of the molecule is COC(=O)[C@@]1(F)CCN(C(=O)NCc2sccc2C)C1. The fraction of sp³-hybridized carbons (Fsp3) is 0.538. The summed E-state index contributed by atoms with van der Waals surface area (Å²) in [6.45, 7) is 2.34. The maximum Gasteiger partial charge on any atom is 0.345 e. The first-order chi connectivity index (χ1) is 9.46. The van der Waals surface area contributed by atoms with E-state index < -0.39 is 11.6 Å². The van der Waals surface area contributed by atoms with Crippen molar-refractivity contribution < 1.29 is 18.7 Å². The highest BCUT2D eigenvalue weighted by molar-refractivity contribution is 7.10. The van der Waals surface area contributed by atoms with Crippen LogP contribution in [0.25, 0.3) is 0 Å². The predicted octanol–water partition coefficient (Wildman–Crippen LogP) is 1.85. The first-order valence-electron chi connectivity index (χ1n) is 6.29. The Morgan fingerprint density at radius 3 is 2.95 bits per heavy atom. The molecule has 1 saturated heterocycles. The van der Waals surface area contributed by atoms with Crippen LogP contribution in [-0.2, 0) is 16.1 Å². The number of hydrogen-bond donors (Lipinski definition) is 1. The lowest BCUT2D eigenvalue weighted by Crippen LogP contribution is -2.43. The summed E-state index contributed by atoms with van der Waals surface area (Å²) in [5.41, 5.74) is -0.962. The lowest BCUT2D eigenvalue weighted by atomic mass is 10.1. The van der Waals surface area contributed by atoms with Crippen molar-refractivity contribution in [1.82, 2.24) is 10.2 Å². The fourth-order valence-corrected chi connectivity index (χ4v) is 2.99. The molecule has 1 aromatic rings. The van der Waals surface area contributed by atoms with Gasteiger partial charge in [-0.15, -0.1) is 11.3 Å². The van der Waals surface area contributed by atoms with Crippen LogP contribution >= 0.6 is 11.3 Å². The molecule has 2 amide bonds. The minimum Gasteiger partial charge on any atom is -0.467 e. The van der Waals surface area contributed by atoms with Crippen LogP contribution in [-0.4, -0.2) is 42.8 Å². The molecule has 2 rings (SSSR count). The molecule has 0 bridgehead atoms. The summed E-state index contributed by atoms with van der Waals surface area (Å²) in [4.78, 5) is 25.7. The molecule has 110 valence electrons. The number of rotatable bonds is 3. The zero-order valence-corrected chi connectivity index (χ0v) is 12.3. The van der Waals surface area contributed by atoms with Crippen molar-refractivity contribution in [1.29, 1.82) is 0 Å². The number of urea groups is 1. The van der Waals surface area contributed by atoms with Crippen LogP contribution in [0.3, 0.4) is 0 Å². The number of halogens is 1. The van der Waals surface area contributed by atoms with E-state index in [1.165, 1.54) is 4.90 Å². The molecular weight excluding hydrogens is 283 g/mol. The average molecular weight is 300 g/mol. The number of alkyl halides is 1. The van der Waals surface area contributed by atoms with Gasteiger partial charge >= 0.3 is 12.0 Å². The van der Waals surface area contributed by atoms with Gasteiger partial charge in [0.15, 0.2) is 0 Å². The van der Waals surface area contributed by atoms with Gasteiger partial charge in [-0.05, 0) is 23.9 Å². The van der Waals surface area contributed by atoms with Crippen molar-refractivity contribution >= 4 is 23.3 Å². The van der Waals surface area contributed by atoms with Crippen LogP contribution < -0.4 is 5.32 Å². The van der Waals surface area contributed by atoms with Gasteiger partial charge in [0.05, 0.1) is 20.2 Å². The molecule has 1 atom stereocenters. The molecule has 0 saturated carbocycles. The molecule has 1 aliphatic rings. The third-order valence-electron chi connectivity index (χ3n) is 3.43. The zero-order valence-electron chi connectivity index (χ0n) is 11.4. The molecule has 0 aliphatic carbocycles. The van der Waals surface area contributed by atoms with Gasteiger partial charge in [0.2, 0.25) is 5.67 Å². The first kappa shape index (κ1) is 14.8. The van der Waals surface area contributed by atoms with Crippen LogP contribution in [0.2, 0.25) is 0 Å². The van der Waals surface area contributed by atoms with Gasteiger partial charge in [-0.1, -0.05) is 0 Å². The van der Waals surface area contributed by atoms with E-state index in [4.69, 9.17) is 0 Å². The maximum absolute atomic E-state index is 14.2. The Kier molecular flexibility index (Phi) is 4.27. The third-order valence-corrected chi connectivity index (χ3v) is 4.45. The molecule has 20 heavy (non-hydrogen) atoms. The molecule has 0 aromatic carbocycles. The maximum atomic E-state index is 14.2. The number of aryl methyl sites for hydroxylation is 1. The Labute approximate surface area is 120 Å². The molecule has 0 radical (unpaired) electrons. The molecule has 7 heteroatoms. The van der Waals surface area contributed by atoms with E-state index in [9.17, 15) is 14.0 Å². The Bertz CT molecular complexity index is 519. The molecule has 2 heterocycles. The normalized spacial score (nSPS) is 21.9. The number of ether oxygens (including phenoxy) is 1. The van der Waals surface area contributed by atoms with E-state index in [1.54, 1.807) is 11.3 Å². The fourth-order valence-electron chi connectivity index (χ4n) is 2.15. The Morgan fingerprint density at radius 2 is 2.35 bits per heavy atom. The van der Waals surface area contributed by atoms with Gasteiger partial charge in [0.1, 0.15) is 0 Å². The summed E-state index contributed by atoms with van der Waals surface area (Å²) in [5, 5.41) is 4.70. The molecule has 1 aliphatic heterocycles. The van der Waals surface area contributed by atoms with E-state index in [1.807, 2.05) is 18.4 Å². The summed E-state index contributed by atoms with van der Waals surface area (Å²) < 4.78 is 18.6. The van der Waals surface area contributed by atoms with Crippen LogP contribution in [0, 0.1) is 6.92 Å². The number of esters is 1. The van der Waals surface area contributed by atoms with Gasteiger partial charge < -0.3 is 15.0 Å². The largest absolute Gasteiger partial charge is 0.467 e. The van der Waals surface area contributed by atoms with Gasteiger partial charge in [-0.3, -0.25) is 0 Å². The highest BCUT2D eigenvalue weighted by Crippen LogP contribution is 2.27. The number of likely N-dealkylation sites (tertiary alicyclic amines) is 1. The van der Waals surface area contributed by atoms with Gasteiger partial charge in [0, 0.05) is 17.8 Å². The molecule has 1 aromatic heterocycles. The van der Waals surface area contributed by atoms with Crippen molar-refractivity contribution in [2.75, 3.05) is 20.2 Å². The van der Waals surface area contributed by atoms with Crippen molar-refractivity contribution in [2.24, 2.45) is 0 Å². The van der Waals surface area contributed by atoms with Crippen LogP contribution in [0.1, 0.15) is 16.9 Å². The molecule has 0 unspecified atom stereocenters. The molecule has 1 N–H and O–H groups in total. The van der Waals surface area contributed by atoms with E-state index in [0.29, 0.717) is 6.54 Å². The van der Waals surface area contributed by atoms with Gasteiger partial charge in [-0.2, -0.15) is 0 Å². The van der Waals surface area contributed by atoms with E-state index >= 15 is 0 Å². The number of amides is 2. The Balaban J connectivity index is 1.89. The summed E-state index contributed by atoms with van der Waals surface area (Å²) in [6.07, 6.45) is -0.0227. The minimum absolute atomic E-state index is 0.0227. The van der Waals surface area contributed by atoms with Crippen molar-refractivity contribution in [2.45, 2.75) is 25.6 Å². The van der Waals surface area contributed by atoms with Gasteiger partial charge in [0.25, 0.3) is 0 Å². The second-order valence-electron chi connectivity index (χ2n) is 4.81. The van der Waals surface area contributed by atoms with Crippen LogP contribution in [0.5, 0.6) is 0 Å². The number of hydrogen-bond acceptors (Lipinski definition) is 4. The first-order valence-corrected chi connectivity index (χ1v) is 7.17. The van der Waals surface area contributed by atoms with Crippen molar-refractivity contribution in [3.63, 3.8) is 0 Å². The van der Waals surface area contributed by atoms with Crippen LogP contribution in [0.15, 0.2) is 11.4 Å². The molecule has 0 spiro atoms. The number of nitrogens with zero attached hydrogens (tertiary/aromatic N) is 1. The Morgan fingerprint density at radius 1 is 1.60 bits per heavy atom. The number of carbonyl (C=O) groups excluding carboxylic acids is 2. The van der Waals surface area contributed by atoms with Crippen LogP contribution in [0.4, 0.5) is 9.18 Å². The second kappa shape index (κ2) is 5.78. The minimum atomic E-state index is -2.08. The summed E-state index contributed by atoms with van der Waals surface area (Å²) >= 11 is 1.56. The monoisotopic (exact) mass is 300 g/mol. The van der Waals surface area contributed by atoms with E-state index in [-0.39, 0.29) is 25.5 Å². The summed E-state index contributed by atoms with van der Waals surface area (Å²) in [5.74, 6) is -0.915. The number of nitrogens with one attached hydrogen (secondary N) is 1. The lowest BCUT2D eigenvalue weighted by Gasteiger charge is -2.19. The van der Waals surface area contributed by atoms with Crippen molar-refractivity contribution in [3.8, 4) is 0 Å². The summed E-state index contributed by atoms with van der Waals surface area (Å²) in [6, 6.07) is 1.62. The van der Waals surface area contributed by atoms with Crippen molar-refractivity contribution in [3.05, 3.63) is 21.9 Å². The zero-order chi connectivity index (χ0) is 14.8. The standard InChI is InChI=1S/C13H17FN2O3S/c1-9-3-6-20-10(9)7-15-12(18)16-5-4-13(14,8-16)11(17)19-2/h3,6H,4-5,7-8H2,1-2H3,(H,15,18)/t13-/m1/s1. The second-order valence-corrected chi connectivity index (χ2v) is 5.81. The molecule has 1 fully saturated rings. The molecular formula is C13H17FN2O3S. The van der Waals surface area contributed by atoms with E-state index in [2.05, 4.69) is 10.1 Å². The number of methoxy groups -OCH3 is 1. The number of carbonyl (C=O) groups is 2. The smallest absolute Gasteiger partial charge is 0.345 e. The topological polar surface area (TPSA) is 58.6 Å². The quantitative estimate of drug-likeness (QED) is 0.867. The number of thiophene rings is 1. The third kappa shape index (κ3) is 2.92. The van der Waals surface area contributed by atoms with Gasteiger partial charge in [-0.25, -0.2) is 14.0 Å².